The first-order valence-corrected chi connectivity index (χ1v) is 15.4. The van der Waals surface area contributed by atoms with Gasteiger partial charge in [-0.25, -0.2) is 4.98 Å². The molecule has 0 amide bonds. The van der Waals surface area contributed by atoms with E-state index >= 15 is 0 Å². The van der Waals surface area contributed by atoms with E-state index in [4.69, 9.17) is 19.6 Å². The Morgan fingerprint density at radius 3 is 2.40 bits per heavy atom. The van der Waals surface area contributed by atoms with Crippen LogP contribution in [0.2, 0.25) is 0 Å². The van der Waals surface area contributed by atoms with Crippen molar-refractivity contribution in [2.75, 3.05) is 6.61 Å². The van der Waals surface area contributed by atoms with Crippen molar-refractivity contribution < 1.29 is 9.47 Å². The van der Waals surface area contributed by atoms with Crippen LogP contribution in [-0.4, -0.2) is 22.5 Å². The van der Waals surface area contributed by atoms with E-state index in [9.17, 15) is 4.79 Å². The fourth-order valence-electron chi connectivity index (χ4n) is 5.69. The Morgan fingerprint density at radius 2 is 1.62 bits per heavy atom. The molecule has 0 saturated heterocycles. The minimum Gasteiger partial charge on any atom is -0.494 e. The molecule has 0 radical (unpaired) electrons. The molecule has 0 aliphatic rings. The van der Waals surface area contributed by atoms with Crippen molar-refractivity contribution in [3.63, 3.8) is 0 Å². The second-order valence-electron chi connectivity index (χ2n) is 11.6. The number of aryl methyl sites for hydroxylation is 2. The molecule has 0 fully saturated rings. The summed E-state index contributed by atoms with van der Waals surface area (Å²) < 4.78 is 13.8. The van der Waals surface area contributed by atoms with Crippen molar-refractivity contribution in [3.8, 4) is 22.9 Å². The van der Waals surface area contributed by atoms with Crippen molar-refractivity contribution in [2.24, 2.45) is 5.10 Å². The van der Waals surface area contributed by atoms with Gasteiger partial charge in [-0.3, -0.25) is 4.79 Å². The Hall–Kier alpha value is -5.23. The number of benzene rings is 5. The number of para-hydroxylation sites is 1. The van der Waals surface area contributed by atoms with E-state index in [1.165, 1.54) is 10.2 Å². The molecule has 1 aromatic heterocycles. The number of fused-ring (bicyclic) bond motifs is 2. The first-order chi connectivity index (χ1) is 21.8. The SMILES string of the molecule is CCOc1cc(C)c(-c2nc3ccccc3c(=O)n2N=Cc2c(OCc3cccc(C)c3)ccc3ccccc23)cc1C(C)C. The monoisotopic (exact) mass is 595 g/mol. The molecule has 6 aromatic rings. The molecule has 6 heteroatoms. The lowest BCUT2D eigenvalue weighted by Crippen LogP contribution is -2.21. The van der Waals surface area contributed by atoms with Gasteiger partial charge in [-0.15, -0.1) is 0 Å². The first-order valence-electron chi connectivity index (χ1n) is 15.4. The average molecular weight is 596 g/mol. The molecule has 0 unspecified atom stereocenters. The average Bonchev–Trinajstić information content (AvgIpc) is 3.03. The van der Waals surface area contributed by atoms with E-state index < -0.39 is 0 Å². The Kier molecular flexibility index (Phi) is 8.47. The summed E-state index contributed by atoms with van der Waals surface area (Å²) in [5.41, 5.74) is 6.25. The largest absolute Gasteiger partial charge is 0.494 e. The quantitative estimate of drug-likeness (QED) is 0.157. The molecule has 0 bridgehead atoms. The van der Waals surface area contributed by atoms with Crippen molar-refractivity contribution >= 4 is 27.9 Å². The predicted octanol–water partition coefficient (Wildman–Crippen LogP) is 8.82. The molecule has 0 spiro atoms. The van der Waals surface area contributed by atoms with Crippen molar-refractivity contribution in [1.29, 1.82) is 0 Å². The maximum atomic E-state index is 14.1. The maximum Gasteiger partial charge on any atom is 0.282 e. The van der Waals surface area contributed by atoms with Crippen LogP contribution in [0.25, 0.3) is 33.1 Å². The number of nitrogens with zero attached hydrogens (tertiary/aromatic N) is 3. The Bertz CT molecular complexity index is 2110. The lowest BCUT2D eigenvalue weighted by Gasteiger charge is -2.18. The summed E-state index contributed by atoms with van der Waals surface area (Å²) in [6.45, 7) is 11.3. The lowest BCUT2D eigenvalue weighted by molar-refractivity contribution is 0.306. The number of rotatable bonds is 9. The summed E-state index contributed by atoms with van der Waals surface area (Å²) in [5, 5.41) is 7.39. The van der Waals surface area contributed by atoms with Gasteiger partial charge in [0.25, 0.3) is 5.56 Å². The van der Waals surface area contributed by atoms with Crippen LogP contribution in [0.15, 0.2) is 107 Å². The van der Waals surface area contributed by atoms with Crippen LogP contribution in [-0.2, 0) is 6.61 Å². The van der Waals surface area contributed by atoms with Crippen LogP contribution in [0.4, 0.5) is 0 Å². The van der Waals surface area contributed by atoms with Gasteiger partial charge in [-0.2, -0.15) is 9.78 Å². The summed E-state index contributed by atoms with van der Waals surface area (Å²) in [6.07, 6.45) is 1.72. The summed E-state index contributed by atoms with van der Waals surface area (Å²) in [4.78, 5) is 19.1. The molecule has 226 valence electrons. The summed E-state index contributed by atoms with van der Waals surface area (Å²) in [5.74, 6) is 2.21. The summed E-state index contributed by atoms with van der Waals surface area (Å²) >= 11 is 0. The maximum absolute atomic E-state index is 14.1. The lowest BCUT2D eigenvalue weighted by atomic mass is 9.96. The minimum atomic E-state index is -0.242. The zero-order chi connectivity index (χ0) is 31.5. The number of hydrogen-bond acceptors (Lipinski definition) is 5. The molecule has 0 atom stereocenters. The highest BCUT2D eigenvalue weighted by atomic mass is 16.5. The highest BCUT2D eigenvalue weighted by molar-refractivity contribution is 6.02. The molecule has 6 rings (SSSR count). The van der Waals surface area contributed by atoms with E-state index in [1.54, 1.807) is 12.3 Å². The molecule has 0 N–H and O–H groups in total. The highest BCUT2D eigenvalue weighted by Gasteiger charge is 2.19. The van der Waals surface area contributed by atoms with Gasteiger partial charge in [-0.1, -0.05) is 86.1 Å². The molecule has 0 aliphatic heterocycles. The van der Waals surface area contributed by atoms with Gasteiger partial charge in [0.05, 0.1) is 23.7 Å². The molecular formula is C39H37N3O3. The van der Waals surface area contributed by atoms with E-state index in [0.717, 1.165) is 44.3 Å². The number of aromatic nitrogens is 2. The van der Waals surface area contributed by atoms with Crippen molar-refractivity contribution in [1.82, 2.24) is 9.66 Å². The van der Waals surface area contributed by atoms with E-state index in [0.29, 0.717) is 35.7 Å². The second kappa shape index (κ2) is 12.8. The third-order valence-electron chi connectivity index (χ3n) is 7.98. The molecule has 5 aromatic carbocycles. The molecule has 6 nitrogen and oxygen atoms in total. The van der Waals surface area contributed by atoms with Gasteiger partial charge in [0, 0.05) is 11.1 Å². The van der Waals surface area contributed by atoms with Crippen LogP contribution < -0.4 is 15.0 Å². The van der Waals surface area contributed by atoms with E-state index in [-0.39, 0.29) is 11.5 Å². The zero-order valence-corrected chi connectivity index (χ0v) is 26.4. The predicted molar refractivity (Wildman–Crippen MR) is 184 cm³/mol. The molecular weight excluding hydrogens is 558 g/mol. The summed E-state index contributed by atoms with van der Waals surface area (Å²) in [7, 11) is 0. The summed E-state index contributed by atoms with van der Waals surface area (Å²) in [6, 6.07) is 31.9. The van der Waals surface area contributed by atoms with Gasteiger partial charge in [0.2, 0.25) is 0 Å². The van der Waals surface area contributed by atoms with Gasteiger partial charge >= 0.3 is 0 Å². The second-order valence-corrected chi connectivity index (χ2v) is 11.6. The smallest absolute Gasteiger partial charge is 0.282 e. The van der Waals surface area contributed by atoms with Gasteiger partial charge < -0.3 is 9.47 Å². The van der Waals surface area contributed by atoms with Crippen LogP contribution >= 0.6 is 0 Å². The van der Waals surface area contributed by atoms with Crippen LogP contribution in [0, 0.1) is 13.8 Å². The fourth-order valence-corrected chi connectivity index (χ4v) is 5.69. The third-order valence-corrected chi connectivity index (χ3v) is 7.98. The Morgan fingerprint density at radius 1 is 0.844 bits per heavy atom. The van der Waals surface area contributed by atoms with E-state index in [1.807, 2.05) is 74.5 Å². The van der Waals surface area contributed by atoms with Gasteiger partial charge in [0.1, 0.15) is 18.1 Å². The van der Waals surface area contributed by atoms with Crippen molar-refractivity contribution in [3.05, 3.63) is 135 Å². The third kappa shape index (κ3) is 6.09. The molecule has 0 saturated carbocycles. The zero-order valence-electron chi connectivity index (χ0n) is 26.4. The van der Waals surface area contributed by atoms with Crippen LogP contribution in [0.5, 0.6) is 11.5 Å². The number of hydrogen-bond donors (Lipinski definition) is 0. The Balaban J connectivity index is 1.53. The fraction of sp³-hybridized carbons (Fsp3) is 0.205. The molecule has 0 aliphatic carbocycles. The van der Waals surface area contributed by atoms with Crippen LogP contribution in [0.1, 0.15) is 54.5 Å². The number of ether oxygens (including phenoxy) is 2. The van der Waals surface area contributed by atoms with Gasteiger partial charge in [0.15, 0.2) is 5.82 Å². The van der Waals surface area contributed by atoms with E-state index in [2.05, 4.69) is 51.1 Å². The minimum absolute atomic E-state index is 0.207. The standard InChI is InChI=1S/C39H37N3O3/c1-6-44-37-21-27(5)33(22-32(37)25(2)3)38-41-35-17-10-9-16-31(35)39(43)42(38)40-23-34-30-15-8-7-14-29(30)18-19-36(34)45-24-28-13-11-12-26(4)20-28/h7-23,25H,6,24H2,1-5H3. The normalized spacial score (nSPS) is 11.6. The molecule has 1 heterocycles. The van der Waals surface area contributed by atoms with Gasteiger partial charge in [-0.05, 0) is 84.5 Å². The van der Waals surface area contributed by atoms with Crippen LogP contribution in [0.3, 0.4) is 0 Å². The highest BCUT2D eigenvalue weighted by Crippen LogP contribution is 2.34. The topological polar surface area (TPSA) is 65.7 Å². The first kappa shape index (κ1) is 29.8. The van der Waals surface area contributed by atoms with Crippen molar-refractivity contribution in [2.45, 2.75) is 47.1 Å². The molecule has 45 heavy (non-hydrogen) atoms. The Labute approximate surface area is 263 Å².